The van der Waals surface area contributed by atoms with Crippen LogP contribution < -0.4 is 5.32 Å². The monoisotopic (exact) mass is 267 g/mol. The number of rotatable bonds is 1. The maximum absolute atomic E-state index is 10.3. The molecule has 4 rings (SSSR count). The minimum absolute atomic E-state index is 0.0913. The van der Waals surface area contributed by atoms with Crippen LogP contribution in [0, 0.1) is 0 Å². The average Bonchev–Trinajstić information content (AvgIpc) is 2.83. The van der Waals surface area contributed by atoms with Crippen LogP contribution in [0.25, 0.3) is 21.9 Å². The quantitative estimate of drug-likeness (QED) is 0.710. The molecule has 0 bridgehead atoms. The van der Waals surface area contributed by atoms with E-state index in [4.69, 9.17) is 0 Å². The Hall–Kier alpha value is -1.91. The molecule has 2 atom stereocenters. The van der Waals surface area contributed by atoms with Gasteiger partial charge in [-0.2, -0.15) is 0 Å². The minimum Gasteiger partial charge on any atom is -0.390 e. The zero-order chi connectivity index (χ0) is 13.5. The number of para-hydroxylation sites is 1. The van der Waals surface area contributed by atoms with E-state index in [1.807, 2.05) is 18.3 Å². The average molecular weight is 267 g/mol. The van der Waals surface area contributed by atoms with Crippen molar-refractivity contribution in [3.8, 4) is 0 Å². The van der Waals surface area contributed by atoms with Gasteiger partial charge in [-0.05, 0) is 31.2 Å². The van der Waals surface area contributed by atoms with Gasteiger partial charge in [-0.3, -0.25) is 0 Å². The summed E-state index contributed by atoms with van der Waals surface area (Å²) < 4.78 is 2.22. The molecule has 3 heterocycles. The van der Waals surface area contributed by atoms with Gasteiger partial charge in [0.1, 0.15) is 5.65 Å². The first-order valence-corrected chi connectivity index (χ1v) is 7.09. The highest BCUT2D eigenvalue weighted by molar-refractivity contribution is 6.06. The fraction of sp³-hybridized carbons (Fsp3) is 0.312. The number of piperidine rings is 1. The Morgan fingerprint density at radius 2 is 2.00 bits per heavy atom. The summed E-state index contributed by atoms with van der Waals surface area (Å²) in [6.45, 7) is 1.58. The number of benzene rings is 1. The SMILES string of the molecule is O[C@@H]1CNCC[C@H]1n1c2ccccc2c2cccnc21. The van der Waals surface area contributed by atoms with Gasteiger partial charge in [0.15, 0.2) is 0 Å². The van der Waals surface area contributed by atoms with E-state index in [0.29, 0.717) is 6.54 Å². The molecular weight excluding hydrogens is 250 g/mol. The lowest BCUT2D eigenvalue weighted by Gasteiger charge is -2.30. The summed E-state index contributed by atoms with van der Waals surface area (Å²) in [7, 11) is 0. The highest BCUT2D eigenvalue weighted by Crippen LogP contribution is 2.33. The van der Waals surface area contributed by atoms with Crippen LogP contribution in [0.15, 0.2) is 42.6 Å². The van der Waals surface area contributed by atoms with E-state index < -0.39 is 0 Å². The molecule has 1 saturated heterocycles. The van der Waals surface area contributed by atoms with Crippen LogP contribution in [-0.2, 0) is 0 Å². The summed E-state index contributed by atoms with van der Waals surface area (Å²) in [4.78, 5) is 4.56. The van der Waals surface area contributed by atoms with Crippen LogP contribution >= 0.6 is 0 Å². The van der Waals surface area contributed by atoms with Crippen LogP contribution in [0.4, 0.5) is 0 Å². The zero-order valence-corrected chi connectivity index (χ0v) is 11.2. The van der Waals surface area contributed by atoms with Gasteiger partial charge in [0, 0.05) is 23.5 Å². The molecule has 4 heteroatoms. The predicted octanol–water partition coefficient (Wildman–Crippen LogP) is 2.08. The number of aliphatic hydroxyl groups excluding tert-OH is 1. The Bertz CT molecular complexity index is 711. The van der Waals surface area contributed by atoms with E-state index >= 15 is 0 Å². The van der Waals surface area contributed by atoms with Crippen molar-refractivity contribution < 1.29 is 5.11 Å². The van der Waals surface area contributed by atoms with Gasteiger partial charge in [-0.25, -0.2) is 4.98 Å². The van der Waals surface area contributed by atoms with E-state index in [0.717, 1.165) is 29.5 Å². The maximum atomic E-state index is 10.3. The van der Waals surface area contributed by atoms with Crippen molar-refractivity contribution in [2.24, 2.45) is 0 Å². The highest BCUT2D eigenvalue weighted by atomic mass is 16.3. The first-order valence-electron chi connectivity index (χ1n) is 7.09. The van der Waals surface area contributed by atoms with Crippen molar-refractivity contribution >= 4 is 21.9 Å². The molecule has 4 nitrogen and oxygen atoms in total. The van der Waals surface area contributed by atoms with Crippen LogP contribution in [-0.4, -0.2) is 33.9 Å². The van der Waals surface area contributed by atoms with Crippen molar-refractivity contribution in [2.75, 3.05) is 13.1 Å². The minimum atomic E-state index is -0.371. The fourth-order valence-corrected chi connectivity index (χ4v) is 3.29. The zero-order valence-electron chi connectivity index (χ0n) is 11.2. The molecule has 0 saturated carbocycles. The smallest absolute Gasteiger partial charge is 0.141 e. The predicted molar refractivity (Wildman–Crippen MR) is 79.8 cm³/mol. The molecule has 0 unspecified atom stereocenters. The molecular formula is C16H17N3O. The van der Waals surface area contributed by atoms with Crippen molar-refractivity contribution in [2.45, 2.75) is 18.6 Å². The highest BCUT2D eigenvalue weighted by Gasteiger charge is 2.27. The lowest BCUT2D eigenvalue weighted by Crippen LogP contribution is -2.41. The summed E-state index contributed by atoms with van der Waals surface area (Å²) in [6, 6.07) is 12.5. The number of pyridine rings is 1. The Balaban J connectivity index is 2.04. The third-order valence-corrected chi connectivity index (χ3v) is 4.21. The maximum Gasteiger partial charge on any atom is 0.141 e. The molecule has 0 amide bonds. The van der Waals surface area contributed by atoms with Gasteiger partial charge in [0.2, 0.25) is 0 Å². The Kier molecular flexibility index (Phi) is 2.72. The van der Waals surface area contributed by atoms with Crippen LogP contribution in [0.3, 0.4) is 0 Å². The van der Waals surface area contributed by atoms with E-state index in [2.05, 4.69) is 39.1 Å². The second-order valence-electron chi connectivity index (χ2n) is 5.39. The van der Waals surface area contributed by atoms with Gasteiger partial charge >= 0.3 is 0 Å². The number of aliphatic hydroxyl groups is 1. The number of aromatic nitrogens is 2. The summed E-state index contributed by atoms with van der Waals surface area (Å²) in [5.74, 6) is 0. The van der Waals surface area contributed by atoms with Crippen LogP contribution in [0.2, 0.25) is 0 Å². The van der Waals surface area contributed by atoms with Crippen LogP contribution in [0.5, 0.6) is 0 Å². The van der Waals surface area contributed by atoms with E-state index in [1.54, 1.807) is 0 Å². The molecule has 1 aliphatic rings. The van der Waals surface area contributed by atoms with Crippen molar-refractivity contribution in [1.29, 1.82) is 0 Å². The third-order valence-electron chi connectivity index (χ3n) is 4.21. The second kappa shape index (κ2) is 4.58. The molecule has 1 aromatic carbocycles. The number of hydrogen-bond donors (Lipinski definition) is 2. The van der Waals surface area contributed by atoms with Gasteiger partial charge in [0.05, 0.1) is 17.7 Å². The molecule has 2 aromatic heterocycles. The number of nitrogens with one attached hydrogen (secondary N) is 1. The molecule has 0 spiro atoms. The van der Waals surface area contributed by atoms with E-state index in [1.165, 1.54) is 5.39 Å². The second-order valence-corrected chi connectivity index (χ2v) is 5.39. The molecule has 20 heavy (non-hydrogen) atoms. The lowest BCUT2D eigenvalue weighted by atomic mass is 10.0. The van der Waals surface area contributed by atoms with Gasteiger partial charge < -0.3 is 15.0 Å². The number of hydrogen-bond acceptors (Lipinski definition) is 3. The molecule has 1 aliphatic heterocycles. The molecule has 0 radical (unpaired) electrons. The number of β-amino-alcohol motifs (C(OH)–C–C–N with tert-alkyl or cyclic N) is 1. The third kappa shape index (κ3) is 1.65. The Morgan fingerprint density at radius 1 is 1.15 bits per heavy atom. The van der Waals surface area contributed by atoms with Crippen molar-refractivity contribution in [1.82, 2.24) is 14.9 Å². The molecule has 2 N–H and O–H groups in total. The first-order chi connectivity index (χ1) is 9.86. The molecule has 3 aromatic rings. The number of nitrogens with zero attached hydrogens (tertiary/aromatic N) is 2. The topological polar surface area (TPSA) is 50.1 Å². The first kappa shape index (κ1) is 11.9. The van der Waals surface area contributed by atoms with Gasteiger partial charge in [0.25, 0.3) is 0 Å². The largest absolute Gasteiger partial charge is 0.390 e. The van der Waals surface area contributed by atoms with Gasteiger partial charge in [-0.1, -0.05) is 18.2 Å². The Labute approximate surface area is 117 Å². The van der Waals surface area contributed by atoms with Crippen molar-refractivity contribution in [3.05, 3.63) is 42.6 Å². The van der Waals surface area contributed by atoms with E-state index in [-0.39, 0.29) is 12.1 Å². The number of fused-ring (bicyclic) bond motifs is 3. The van der Waals surface area contributed by atoms with Crippen molar-refractivity contribution in [3.63, 3.8) is 0 Å². The standard InChI is InChI=1S/C16H17N3O/c20-15-10-17-9-7-14(15)19-13-6-2-1-4-11(13)12-5-3-8-18-16(12)19/h1-6,8,14-15,17,20H,7,9-10H2/t14-,15-/m1/s1. The van der Waals surface area contributed by atoms with Crippen LogP contribution in [0.1, 0.15) is 12.5 Å². The summed E-state index contributed by atoms with van der Waals surface area (Å²) in [5, 5.41) is 16.0. The Morgan fingerprint density at radius 3 is 2.90 bits per heavy atom. The molecule has 102 valence electrons. The molecule has 1 fully saturated rings. The summed E-state index contributed by atoms with van der Waals surface area (Å²) >= 11 is 0. The van der Waals surface area contributed by atoms with Gasteiger partial charge in [-0.15, -0.1) is 0 Å². The summed E-state index contributed by atoms with van der Waals surface area (Å²) in [5.41, 5.74) is 2.13. The molecule has 0 aliphatic carbocycles. The normalized spacial score (nSPS) is 23.4. The summed E-state index contributed by atoms with van der Waals surface area (Å²) in [6.07, 6.45) is 2.38. The lowest BCUT2D eigenvalue weighted by molar-refractivity contribution is 0.0910. The van der Waals surface area contributed by atoms with E-state index in [9.17, 15) is 5.11 Å². The fourth-order valence-electron chi connectivity index (χ4n) is 3.29.